The van der Waals surface area contributed by atoms with Gasteiger partial charge in [0.1, 0.15) is 6.61 Å². The standard InChI is InChI=1S/C26H19Cl3INO4S/c1-2-34-22-10-15(9-21(30)24(22)35-14-17-5-3-4-6-19(17)28)11-23-25(32)31(26(33)36-23)13-16-7-8-18(27)12-20(16)29/h3-12H,2,13-14H2,1H3/b23-11+. The lowest BCUT2D eigenvalue weighted by atomic mass is 10.1. The third kappa shape index (κ3) is 6.31. The molecule has 0 N–H and O–H groups in total. The van der Waals surface area contributed by atoms with Gasteiger partial charge in [-0.25, -0.2) is 0 Å². The Labute approximate surface area is 241 Å². The normalized spacial score (nSPS) is 14.6. The zero-order chi connectivity index (χ0) is 25.8. The van der Waals surface area contributed by atoms with Crippen molar-refractivity contribution >= 4 is 86.4 Å². The van der Waals surface area contributed by atoms with Gasteiger partial charge in [-0.2, -0.15) is 0 Å². The zero-order valence-electron chi connectivity index (χ0n) is 18.9. The number of thioether (sulfide) groups is 1. The van der Waals surface area contributed by atoms with E-state index in [1.807, 2.05) is 37.3 Å². The van der Waals surface area contributed by atoms with Crippen molar-refractivity contribution in [2.75, 3.05) is 6.61 Å². The van der Waals surface area contributed by atoms with Crippen molar-refractivity contribution < 1.29 is 19.1 Å². The molecule has 0 saturated carbocycles. The molecule has 0 bridgehead atoms. The van der Waals surface area contributed by atoms with E-state index in [4.69, 9.17) is 44.3 Å². The van der Waals surface area contributed by atoms with Crippen molar-refractivity contribution in [3.05, 3.63) is 94.8 Å². The molecule has 186 valence electrons. The van der Waals surface area contributed by atoms with Gasteiger partial charge in [0, 0.05) is 20.6 Å². The van der Waals surface area contributed by atoms with Crippen LogP contribution in [0.15, 0.2) is 59.5 Å². The molecular formula is C26H19Cl3INO4S. The highest BCUT2D eigenvalue weighted by Crippen LogP contribution is 2.39. The summed E-state index contributed by atoms with van der Waals surface area (Å²) in [5, 5.41) is 1.14. The number of carbonyl (C=O) groups excluding carboxylic acids is 2. The molecule has 3 aromatic carbocycles. The Kier molecular flexibility index (Phi) is 9.11. The molecule has 1 heterocycles. The lowest BCUT2D eigenvalue weighted by Crippen LogP contribution is -2.27. The van der Waals surface area contributed by atoms with Gasteiger partial charge in [-0.1, -0.05) is 59.1 Å². The van der Waals surface area contributed by atoms with Crippen LogP contribution >= 0.6 is 69.2 Å². The first-order valence-corrected chi connectivity index (χ1v) is 13.8. The fourth-order valence-corrected chi connectivity index (χ4v) is 5.73. The number of carbonyl (C=O) groups is 2. The fraction of sp³-hybridized carbons (Fsp3) is 0.154. The van der Waals surface area contributed by atoms with E-state index in [0.717, 1.165) is 20.9 Å². The van der Waals surface area contributed by atoms with Crippen molar-refractivity contribution in [1.29, 1.82) is 0 Å². The number of imide groups is 1. The zero-order valence-corrected chi connectivity index (χ0v) is 24.1. The Morgan fingerprint density at radius 3 is 2.47 bits per heavy atom. The van der Waals surface area contributed by atoms with Gasteiger partial charge in [-0.15, -0.1) is 0 Å². The molecule has 0 aromatic heterocycles. The van der Waals surface area contributed by atoms with E-state index < -0.39 is 0 Å². The maximum atomic E-state index is 13.0. The predicted octanol–water partition coefficient (Wildman–Crippen LogP) is 8.47. The maximum Gasteiger partial charge on any atom is 0.293 e. The van der Waals surface area contributed by atoms with E-state index in [1.165, 1.54) is 4.90 Å². The predicted molar refractivity (Wildman–Crippen MR) is 154 cm³/mol. The molecule has 4 rings (SSSR count). The van der Waals surface area contributed by atoms with Crippen LogP contribution in [0.4, 0.5) is 4.79 Å². The van der Waals surface area contributed by atoms with E-state index in [9.17, 15) is 9.59 Å². The number of halogens is 4. The van der Waals surface area contributed by atoms with Crippen LogP contribution in [0.3, 0.4) is 0 Å². The molecule has 1 aliphatic rings. The molecule has 1 aliphatic heterocycles. The van der Waals surface area contributed by atoms with E-state index in [2.05, 4.69) is 22.6 Å². The van der Waals surface area contributed by atoms with Crippen LogP contribution in [0.2, 0.25) is 15.1 Å². The lowest BCUT2D eigenvalue weighted by molar-refractivity contribution is -0.123. The number of hydrogen-bond donors (Lipinski definition) is 0. The average Bonchev–Trinajstić information content (AvgIpc) is 3.08. The van der Waals surface area contributed by atoms with Gasteiger partial charge in [-0.3, -0.25) is 14.5 Å². The molecule has 1 saturated heterocycles. The number of hydrogen-bond acceptors (Lipinski definition) is 5. The first-order chi connectivity index (χ1) is 17.3. The average molecular weight is 675 g/mol. The van der Waals surface area contributed by atoms with Gasteiger partial charge in [0.05, 0.1) is 21.6 Å². The number of amides is 2. The largest absolute Gasteiger partial charge is 0.490 e. The van der Waals surface area contributed by atoms with Crippen molar-refractivity contribution in [1.82, 2.24) is 4.90 Å². The first kappa shape index (κ1) is 27.1. The second-order valence-corrected chi connectivity index (χ2v) is 11.1. The van der Waals surface area contributed by atoms with Gasteiger partial charge in [-0.05, 0) is 88.8 Å². The molecule has 2 amide bonds. The number of nitrogens with zero attached hydrogens (tertiary/aromatic N) is 1. The highest BCUT2D eigenvalue weighted by Gasteiger charge is 2.35. The molecule has 10 heteroatoms. The Hall–Kier alpha value is -1.91. The summed E-state index contributed by atoms with van der Waals surface area (Å²) in [6, 6.07) is 16.1. The van der Waals surface area contributed by atoms with Crippen LogP contribution in [-0.4, -0.2) is 22.7 Å². The summed E-state index contributed by atoms with van der Waals surface area (Å²) < 4.78 is 12.7. The summed E-state index contributed by atoms with van der Waals surface area (Å²) in [5.74, 6) is 0.734. The quantitative estimate of drug-likeness (QED) is 0.177. The summed E-state index contributed by atoms with van der Waals surface area (Å²) in [7, 11) is 0. The van der Waals surface area contributed by atoms with Crippen molar-refractivity contribution in [2.45, 2.75) is 20.1 Å². The molecule has 0 spiro atoms. The van der Waals surface area contributed by atoms with Gasteiger partial charge >= 0.3 is 0 Å². The van der Waals surface area contributed by atoms with Crippen LogP contribution in [-0.2, 0) is 17.9 Å². The SMILES string of the molecule is CCOc1cc(/C=C2/SC(=O)N(Cc3ccc(Cl)cc3Cl)C2=O)cc(I)c1OCc1ccccc1Cl. The van der Waals surface area contributed by atoms with Gasteiger partial charge < -0.3 is 9.47 Å². The van der Waals surface area contributed by atoms with E-state index in [1.54, 1.807) is 30.3 Å². The third-order valence-electron chi connectivity index (χ3n) is 5.18. The fourth-order valence-electron chi connectivity index (χ4n) is 3.45. The second kappa shape index (κ2) is 12.1. The van der Waals surface area contributed by atoms with Crippen LogP contribution in [0, 0.1) is 3.57 Å². The summed E-state index contributed by atoms with van der Waals surface area (Å²) >= 11 is 21.5. The van der Waals surface area contributed by atoms with Crippen LogP contribution in [0.5, 0.6) is 11.5 Å². The second-order valence-electron chi connectivity index (χ2n) is 7.65. The molecule has 3 aromatic rings. The molecule has 36 heavy (non-hydrogen) atoms. The molecule has 0 atom stereocenters. The van der Waals surface area contributed by atoms with Crippen LogP contribution in [0.25, 0.3) is 6.08 Å². The number of benzene rings is 3. The van der Waals surface area contributed by atoms with Crippen molar-refractivity contribution in [3.63, 3.8) is 0 Å². The lowest BCUT2D eigenvalue weighted by Gasteiger charge is -2.15. The van der Waals surface area contributed by atoms with Crippen molar-refractivity contribution in [3.8, 4) is 11.5 Å². The molecule has 0 aliphatic carbocycles. The van der Waals surface area contributed by atoms with Crippen molar-refractivity contribution in [2.24, 2.45) is 0 Å². The molecule has 5 nitrogen and oxygen atoms in total. The topological polar surface area (TPSA) is 55.8 Å². The Balaban J connectivity index is 1.56. The minimum absolute atomic E-state index is 0.0641. The third-order valence-corrected chi connectivity index (χ3v) is 7.84. The molecule has 1 fully saturated rings. The van der Waals surface area contributed by atoms with Gasteiger partial charge in [0.15, 0.2) is 11.5 Å². The smallest absolute Gasteiger partial charge is 0.293 e. The summed E-state index contributed by atoms with van der Waals surface area (Å²) in [6.07, 6.45) is 1.68. The number of rotatable bonds is 8. The molecular weight excluding hydrogens is 656 g/mol. The molecule has 0 unspecified atom stereocenters. The number of ether oxygens (including phenoxy) is 2. The molecule has 0 radical (unpaired) electrons. The summed E-state index contributed by atoms with van der Waals surface area (Å²) in [5.41, 5.74) is 2.21. The monoisotopic (exact) mass is 673 g/mol. The Morgan fingerprint density at radius 1 is 0.972 bits per heavy atom. The highest BCUT2D eigenvalue weighted by molar-refractivity contribution is 14.1. The minimum Gasteiger partial charge on any atom is -0.490 e. The Morgan fingerprint density at radius 2 is 1.75 bits per heavy atom. The maximum absolute atomic E-state index is 13.0. The highest BCUT2D eigenvalue weighted by atomic mass is 127. The van der Waals surface area contributed by atoms with E-state index in [-0.39, 0.29) is 24.3 Å². The minimum atomic E-state index is -0.386. The van der Waals surface area contributed by atoms with Gasteiger partial charge in [0.25, 0.3) is 11.1 Å². The van der Waals surface area contributed by atoms with E-state index in [0.29, 0.717) is 49.2 Å². The summed E-state index contributed by atoms with van der Waals surface area (Å²) in [6.45, 7) is 2.65. The van der Waals surface area contributed by atoms with E-state index >= 15 is 0 Å². The Bertz CT molecular complexity index is 1370. The summed E-state index contributed by atoms with van der Waals surface area (Å²) in [4.78, 5) is 27.1. The first-order valence-electron chi connectivity index (χ1n) is 10.8. The van der Waals surface area contributed by atoms with Crippen LogP contribution in [0.1, 0.15) is 23.6 Å². The van der Waals surface area contributed by atoms with Gasteiger partial charge in [0.2, 0.25) is 0 Å². The van der Waals surface area contributed by atoms with Crippen LogP contribution < -0.4 is 9.47 Å².